The number of non-ortho nitro benzene ring substituents is 1. The Hall–Kier alpha value is -2.53. The zero-order valence-electron chi connectivity index (χ0n) is 10.2. The Kier molecular flexibility index (Phi) is 3.04. The topological polar surface area (TPSA) is 68.9 Å². The van der Waals surface area contributed by atoms with Gasteiger partial charge in [0.1, 0.15) is 5.69 Å². The average Bonchev–Trinajstić information content (AvgIpc) is 2.46. The van der Waals surface area contributed by atoms with Crippen molar-refractivity contribution in [3.05, 3.63) is 63.8 Å². The molecule has 3 aromatic rings. The van der Waals surface area contributed by atoms with Crippen molar-refractivity contribution in [1.29, 1.82) is 0 Å². The van der Waals surface area contributed by atoms with Crippen LogP contribution in [0, 0.1) is 10.1 Å². The molecule has 0 amide bonds. The number of hydrogen-bond donors (Lipinski definition) is 0. The Morgan fingerprint density at radius 2 is 1.75 bits per heavy atom. The van der Waals surface area contributed by atoms with E-state index in [2.05, 4.69) is 9.97 Å². The summed E-state index contributed by atoms with van der Waals surface area (Å²) in [6.45, 7) is 0. The Bertz CT molecular complexity index is 806. The summed E-state index contributed by atoms with van der Waals surface area (Å²) in [4.78, 5) is 18.9. The van der Waals surface area contributed by atoms with Crippen LogP contribution in [0.2, 0.25) is 5.15 Å². The van der Waals surface area contributed by atoms with Crippen LogP contribution in [0.1, 0.15) is 0 Å². The van der Waals surface area contributed by atoms with Gasteiger partial charge in [-0.05, 0) is 6.07 Å². The van der Waals surface area contributed by atoms with E-state index >= 15 is 0 Å². The van der Waals surface area contributed by atoms with E-state index in [1.54, 1.807) is 6.07 Å². The summed E-state index contributed by atoms with van der Waals surface area (Å²) in [5.74, 6) is 0. The second-order valence-corrected chi connectivity index (χ2v) is 4.52. The maximum atomic E-state index is 10.7. The van der Waals surface area contributed by atoms with Crippen LogP contribution in [0.5, 0.6) is 0 Å². The molecule has 0 radical (unpaired) electrons. The molecule has 0 unspecified atom stereocenters. The van der Waals surface area contributed by atoms with E-state index < -0.39 is 4.92 Å². The fraction of sp³-hybridized carbons (Fsp3) is 0. The van der Waals surface area contributed by atoms with E-state index in [0.29, 0.717) is 16.7 Å². The second-order valence-electron chi connectivity index (χ2n) is 4.16. The first-order chi connectivity index (χ1) is 9.65. The lowest BCUT2D eigenvalue weighted by Crippen LogP contribution is -1.93. The van der Waals surface area contributed by atoms with Gasteiger partial charge in [-0.2, -0.15) is 0 Å². The summed E-state index contributed by atoms with van der Waals surface area (Å²) < 4.78 is 0. The molecule has 98 valence electrons. The molecule has 0 atom stereocenters. The summed E-state index contributed by atoms with van der Waals surface area (Å²) >= 11 is 6.13. The SMILES string of the molecule is O=[N+]([O-])c1ccc2nc(-c3ccccc3)c(Cl)nc2c1. The summed E-state index contributed by atoms with van der Waals surface area (Å²) in [7, 11) is 0. The number of halogens is 1. The highest BCUT2D eigenvalue weighted by molar-refractivity contribution is 6.32. The van der Waals surface area contributed by atoms with Gasteiger partial charge in [0.15, 0.2) is 5.15 Å². The zero-order chi connectivity index (χ0) is 14.1. The van der Waals surface area contributed by atoms with E-state index in [1.165, 1.54) is 12.1 Å². The number of aromatic nitrogens is 2. The summed E-state index contributed by atoms with van der Waals surface area (Å²) in [5.41, 5.74) is 2.36. The minimum absolute atomic E-state index is 0.0321. The van der Waals surface area contributed by atoms with Gasteiger partial charge in [0.05, 0.1) is 16.0 Å². The third kappa shape index (κ3) is 2.19. The highest BCUT2D eigenvalue weighted by atomic mass is 35.5. The first-order valence-corrected chi connectivity index (χ1v) is 6.20. The maximum absolute atomic E-state index is 10.7. The van der Waals surface area contributed by atoms with Crippen LogP contribution in [0.3, 0.4) is 0 Å². The molecule has 0 N–H and O–H groups in total. The lowest BCUT2D eigenvalue weighted by atomic mass is 10.1. The second kappa shape index (κ2) is 4.86. The normalized spacial score (nSPS) is 10.7. The van der Waals surface area contributed by atoms with Crippen molar-refractivity contribution in [3.8, 4) is 11.3 Å². The highest BCUT2D eigenvalue weighted by Gasteiger charge is 2.12. The number of fused-ring (bicyclic) bond motifs is 1. The predicted octanol–water partition coefficient (Wildman–Crippen LogP) is 3.86. The molecule has 0 aliphatic heterocycles. The van der Waals surface area contributed by atoms with Gasteiger partial charge in [0.25, 0.3) is 5.69 Å². The van der Waals surface area contributed by atoms with Crippen molar-refractivity contribution in [2.75, 3.05) is 0 Å². The summed E-state index contributed by atoms with van der Waals surface area (Å²) in [6, 6.07) is 13.8. The fourth-order valence-corrected chi connectivity index (χ4v) is 2.16. The van der Waals surface area contributed by atoms with Gasteiger partial charge in [-0.15, -0.1) is 0 Å². The molecule has 0 saturated carbocycles. The highest BCUT2D eigenvalue weighted by Crippen LogP contribution is 2.27. The smallest absolute Gasteiger partial charge is 0.258 e. The molecule has 0 spiro atoms. The van der Waals surface area contributed by atoms with Gasteiger partial charge in [0.2, 0.25) is 0 Å². The number of benzene rings is 2. The zero-order valence-corrected chi connectivity index (χ0v) is 10.9. The molecule has 5 nitrogen and oxygen atoms in total. The monoisotopic (exact) mass is 285 g/mol. The molecule has 6 heteroatoms. The number of rotatable bonds is 2. The summed E-state index contributed by atoms with van der Waals surface area (Å²) in [6.07, 6.45) is 0. The molecule has 0 aliphatic carbocycles. The maximum Gasteiger partial charge on any atom is 0.271 e. The molecular weight excluding hydrogens is 278 g/mol. The van der Waals surface area contributed by atoms with Crippen molar-refractivity contribution in [3.63, 3.8) is 0 Å². The van der Waals surface area contributed by atoms with Crippen LogP contribution in [0.4, 0.5) is 5.69 Å². The van der Waals surface area contributed by atoms with Gasteiger partial charge in [-0.25, -0.2) is 9.97 Å². The van der Waals surface area contributed by atoms with Gasteiger partial charge in [-0.1, -0.05) is 41.9 Å². The number of nitro benzene ring substituents is 1. The fourth-order valence-electron chi connectivity index (χ4n) is 1.91. The van der Waals surface area contributed by atoms with Gasteiger partial charge >= 0.3 is 0 Å². The third-order valence-corrected chi connectivity index (χ3v) is 3.13. The molecule has 1 heterocycles. The average molecular weight is 286 g/mol. The minimum Gasteiger partial charge on any atom is -0.258 e. The van der Waals surface area contributed by atoms with E-state index in [4.69, 9.17) is 11.6 Å². The molecule has 2 aromatic carbocycles. The Labute approximate surface area is 119 Å². The van der Waals surface area contributed by atoms with Gasteiger partial charge in [0, 0.05) is 17.7 Å². The van der Waals surface area contributed by atoms with Crippen molar-refractivity contribution in [1.82, 2.24) is 9.97 Å². The quantitative estimate of drug-likeness (QED) is 0.529. The summed E-state index contributed by atoms with van der Waals surface area (Å²) in [5, 5.41) is 11.0. The first-order valence-electron chi connectivity index (χ1n) is 5.82. The van der Waals surface area contributed by atoms with E-state index in [1.807, 2.05) is 30.3 Å². The molecule has 0 fully saturated rings. The molecule has 0 bridgehead atoms. The molecule has 0 aliphatic rings. The number of nitro groups is 1. The molecule has 3 rings (SSSR count). The van der Waals surface area contributed by atoms with E-state index in [-0.39, 0.29) is 10.8 Å². The minimum atomic E-state index is -0.472. The molecule has 20 heavy (non-hydrogen) atoms. The van der Waals surface area contributed by atoms with Crippen LogP contribution < -0.4 is 0 Å². The molecule has 1 aromatic heterocycles. The molecule has 0 saturated heterocycles. The standard InChI is InChI=1S/C14H8ClN3O2/c15-14-13(9-4-2-1-3-5-9)16-11-7-6-10(18(19)20)8-12(11)17-14/h1-8H. The van der Waals surface area contributed by atoms with Crippen molar-refractivity contribution < 1.29 is 4.92 Å². The van der Waals surface area contributed by atoms with Crippen LogP contribution in [-0.4, -0.2) is 14.9 Å². The largest absolute Gasteiger partial charge is 0.271 e. The van der Waals surface area contributed by atoms with Crippen molar-refractivity contribution in [2.24, 2.45) is 0 Å². The van der Waals surface area contributed by atoms with Crippen LogP contribution in [0.15, 0.2) is 48.5 Å². The predicted molar refractivity (Wildman–Crippen MR) is 76.6 cm³/mol. The molecular formula is C14H8ClN3O2. The lowest BCUT2D eigenvalue weighted by Gasteiger charge is -2.05. The van der Waals surface area contributed by atoms with Crippen LogP contribution in [0.25, 0.3) is 22.3 Å². The first kappa shape index (κ1) is 12.5. The lowest BCUT2D eigenvalue weighted by molar-refractivity contribution is -0.384. The Balaban J connectivity index is 2.20. The van der Waals surface area contributed by atoms with Gasteiger partial charge < -0.3 is 0 Å². The van der Waals surface area contributed by atoms with E-state index in [9.17, 15) is 10.1 Å². The van der Waals surface area contributed by atoms with Crippen molar-refractivity contribution >= 4 is 28.3 Å². The number of hydrogen-bond acceptors (Lipinski definition) is 4. The third-order valence-electron chi connectivity index (χ3n) is 2.86. The van der Waals surface area contributed by atoms with Crippen LogP contribution >= 0.6 is 11.6 Å². The van der Waals surface area contributed by atoms with Crippen molar-refractivity contribution in [2.45, 2.75) is 0 Å². The Morgan fingerprint density at radius 3 is 2.45 bits per heavy atom. The van der Waals surface area contributed by atoms with E-state index in [0.717, 1.165) is 5.56 Å². The Morgan fingerprint density at radius 1 is 1.00 bits per heavy atom. The number of nitrogens with zero attached hydrogens (tertiary/aromatic N) is 3. The van der Waals surface area contributed by atoms with Crippen LogP contribution in [-0.2, 0) is 0 Å². The van der Waals surface area contributed by atoms with Gasteiger partial charge in [-0.3, -0.25) is 10.1 Å².